The molecule has 0 aliphatic carbocycles. The van der Waals surface area contributed by atoms with E-state index in [-0.39, 0.29) is 17.4 Å². The molecule has 0 saturated heterocycles. The summed E-state index contributed by atoms with van der Waals surface area (Å²) in [7, 11) is 0. The van der Waals surface area contributed by atoms with Crippen molar-refractivity contribution in [3.8, 4) is 11.5 Å². The Morgan fingerprint density at radius 3 is 2.47 bits per heavy atom. The number of benzene rings is 1. The van der Waals surface area contributed by atoms with Gasteiger partial charge in [0.05, 0.1) is 5.56 Å². The number of carbonyl (C=O) groups is 1. The quantitative estimate of drug-likeness (QED) is 0.653. The second kappa shape index (κ2) is 6.14. The van der Waals surface area contributed by atoms with Crippen LogP contribution in [0.3, 0.4) is 0 Å². The fraction of sp³-hybridized carbons (Fsp3) is 0.364. The molecule has 0 unspecified atom stereocenters. The number of aromatic hydroxyl groups is 2. The van der Waals surface area contributed by atoms with Crippen LogP contribution in [0.1, 0.15) is 10.4 Å². The molecule has 4 nitrogen and oxygen atoms in total. The highest BCUT2D eigenvalue weighted by Crippen LogP contribution is 2.29. The van der Waals surface area contributed by atoms with Gasteiger partial charge in [-0.05, 0) is 12.1 Å². The number of halogens is 4. The number of para-hydroxylation sites is 1. The van der Waals surface area contributed by atoms with E-state index in [0.29, 0.717) is 4.90 Å². The van der Waals surface area contributed by atoms with E-state index in [2.05, 4.69) is 15.9 Å². The fourth-order valence-corrected chi connectivity index (χ4v) is 1.87. The van der Waals surface area contributed by atoms with Gasteiger partial charge in [-0.2, -0.15) is 13.2 Å². The fourth-order valence-electron chi connectivity index (χ4n) is 1.45. The molecule has 106 valence electrons. The second-order valence-corrected chi connectivity index (χ2v) is 4.50. The van der Waals surface area contributed by atoms with E-state index in [1.807, 2.05) is 0 Å². The van der Waals surface area contributed by atoms with E-state index in [0.717, 1.165) is 12.1 Å². The number of alkyl halides is 4. The van der Waals surface area contributed by atoms with Gasteiger partial charge in [0.2, 0.25) is 0 Å². The molecule has 0 aliphatic heterocycles. The number of hydrogen-bond donors (Lipinski definition) is 2. The molecule has 0 aliphatic rings. The third-order valence-electron chi connectivity index (χ3n) is 2.26. The number of rotatable bonds is 4. The Hall–Kier alpha value is -1.44. The Morgan fingerprint density at radius 2 is 1.95 bits per heavy atom. The lowest BCUT2D eigenvalue weighted by Gasteiger charge is -2.23. The van der Waals surface area contributed by atoms with Crippen molar-refractivity contribution in [2.24, 2.45) is 0 Å². The van der Waals surface area contributed by atoms with E-state index in [4.69, 9.17) is 0 Å². The van der Waals surface area contributed by atoms with E-state index in [1.165, 1.54) is 6.07 Å². The SMILES string of the molecule is O=C(c1cccc(O)c1O)N(CCBr)CC(F)(F)F. The van der Waals surface area contributed by atoms with Crippen molar-refractivity contribution in [3.05, 3.63) is 23.8 Å². The average Bonchev–Trinajstić information content (AvgIpc) is 2.30. The lowest BCUT2D eigenvalue weighted by Crippen LogP contribution is -2.40. The molecule has 1 aromatic rings. The molecular weight excluding hydrogens is 331 g/mol. The largest absolute Gasteiger partial charge is 0.504 e. The molecule has 8 heteroatoms. The zero-order valence-electron chi connectivity index (χ0n) is 9.62. The summed E-state index contributed by atoms with van der Waals surface area (Å²) in [5.74, 6) is -2.28. The molecule has 0 radical (unpaired) electrons. The third-order valence-corrected chi connectivity index (χ3v) is 2.61. The van der Waals surface area contributed by atoms with E-state index in [9.17, 15) is 28.2 Å². The summed E-state index contributed by atoms with van der Waals surface area (Å²) < 4.78 is 37.1. The van der Waals surface area contributed by atoms with Crippen LogP contribution in [0.2, 0.25) is 0 Å². The van der Waals surface area contributed by atoms with Gasteiger partial charge >= 0.3 is 6.18 Å². The first-order valence-electron chi connectivity index (χ1n) is 5.19. The summed E-state index contributed by atoms with van der Waals surface area (Å²) in [6.45, 7) is -1.60. The van der Waals surface area contributed by atoms with Gasteiger partial charge in [-0.25, -0.2) is 0 Å². The maximum Gasteiger partial charge on any atom is 0.406 e. The summed E-state index contributed by atoms with van der Waals surface area (Å²) in [4.78, 5) is 12.5. The average molecular weight is 342 g/mol. The molecule has 0 spiro atoms. The van der Waals surface area contributed by atoms with Crippen molar-refractivity contribution in [1.29, 1.82) is 0 Å². The minimum Gasteiger partial charge on any atom is -0.504 e. The first kappa shape index (κ1) is 15.6. The summed E-state index contributed by atoms with van der Waals surface area (Å²) in [6.07, 6.45) is -4.54. The number of phenolic OH excluding ortho intramolecular Hbond substituents is 2. The zero-order valence-corrected chi connectivity index (χ0v) is 11.2. The van der Waals surface area contributed by atoms with Gasteiger partial charge in [0.1, 0.15) is 6.54 Å². The number of hydrogen-bond acceptors (Lipinski definition) is 3. The van der Waals surface area contributed by atoms with Gasteiger partial charge in [0, 0.05) is 11.9 Å². The van der Waals surface area contributed by atoms with Crippen LogP contribution in [0.5, 0.6) is 11.5 Å². The van der Waals surface area contributed by atoms with Crippen molar-refractivity contribution < 1.29 is 28.2 Å². The van der Waals surface area contributed by atoms with Crippen molar-refractivity contribution in [2.75, 3.05) is 18.4 Å². The third kappa shape index (κ3) is 4.30. The summed E-state index contributed by atoms with van der Waals surface area (Å²) in [5.41, 5.74) is -0.370. The van der Waals surface area contributed by atoms with Crippen LogP contribution in [0, 0.1) is 0 Å². The zero-order chi connectivity index (χ0) is 14.6. The van der Waals surface area contributed by atoms with Crippen LogP contribution in [-0.4, -0.2) is 45.6 Å². The molecule has 0 heterocycles. The van der Waals surface area contributed by atoms with Crippen molar-refractivity contribution >= 4 is 21.8 Å². The topological polar surface area (TPSA) is 60.8 Å². The Balaban J connectivity index is 3.02. The molecule has 19 heavy (non-hydrogen) atoms. The molecule has 2 N–H and O–H groups in total. The Labute approximate surface area is 115 Å². The standard InChI is InChI=1S/C11H11BrF3NO3/c12-4-5-16(6-11(13,14)15)10(19)7-2-1-3-8(17)9(7)18/h1-3,17-18H,4-6H2. The first-order chi connectivity index (χ1) is 8.76. The van der Waals surface area contributed by atoms with Crippen molar-refractivity contribution in [2.45, 2.75) is 6.18 Å². The number of phenols is 2. The Morgan fingerprint density at radius 1 is 1.32 bits per heavy atom. The minimum absolute atomic E-state index is 0.161. The van der Waals surface area contributed by atoms with E-state index in [1.54, 1.807) is 0 Å². The molecule has 1 aromatic carbocycles. The summed E-state index contributed by atoms with van der Waals surface area (Å²) in [5, 5.41) is 18.9. The minimum atomic E-state index is -4.54. The molecule has 0 fully saturated rings. The predicted octanol–water partition coefficient (Wildman–Crippen LogP) is 2.50. The molecule has 0 aromatic heterocycles. The maximum absolute atomic E-state index is 12.4. The van der Waals surface area contributed by atoms with E-state index < -0.39 is 30.1 Å². The van der Waals surface area contributed by atoms with Crippen LogP contribution in [0.15, 0.2) is 18.2 Å². The summed E-state index contributed by atoms with van der Waals surface area (Å²) in [6, 6.07) is 3.54. The van der Waals surface area contributed by atoms with Crippen molar-refractivity contribution in [3.63, 3.8) is 0 Å². The Bertz CT molecular complexity index is 465. The molecule has 0 saturated carbocycles. The molecule has 1 amide bonds. The van der Waals surface area contributed by atoms with E-state index >= 15 is 0 Å². The highest BCUT2D eigenvalue weighted by atomic mass is 79.9. The van der Waals surface area contributed by atoms with Crippen LogP contribution in [-0.2, 0) is 0 Å². The van der Waals surface area contributed by atoms with Crippen LogP contribution < -0.4 is 0 Å². The van der Waals surface area contributed by atoms with Gasteiger partial charge in [-0.1, -0.05) is 22.0 Å². The first-order valence-corrected chi connectivity index (χ1v) is 6.31. The normalized spacial score (nSPS) is 11.4. The van der Waals surface area contributed by atoms with Gasteiger partial charge in [0.15, 0.2) is 11.5 Å². The van der Waals surface area contributed by atoms with Gasteiger partial charge in [-0.15, -0.1) is 0 Å². The number of amides is 1. The number of carbonyl (C=O) groups excluding carboxylic acids is 1. The second-order valence-electron chi connectivity index (χ2n) is 3.70. The molecular formula is C11H11BrF3NO3. The van der Waals surface area contributed by atoms with Gasteiger partial charge in [-0.3, -0.25) is 4.79 Å². The van der Waals surface area contributed by atoms with Gasteiger partial charge in [0.25, 0.3) is 5.91 Å². The predicted molar refractivity (Wildman–Crippen MR) is 65.5 cm³/mol. The lowest BCUT2D eigenvalue weighted by molar-refractivity contribution is -0.140. The molecule has 0 atom stereocenters. The molecule has 1 rings (SSSR count). The smallest absolute Gasteiger partial charge is 0.406 e. The highest BCUT2D eigenvalue weighted by Gasteiger charge is 2.33. The summed E-state index contributed by atoms with van der Waals surface area (Å²) >= 11 is 2.96. The van der Waals surface area contributed by atoms with Gasteiger partial charge < -0.3 is 15.1 Å². The van der Waals surface area contributed by atoms with Crippen LogP contribution in [0.4, 0.5) is 13.2 Å². The van der Waals surface area contributed by atoms with Crippen molar-refractivity contribution in [1.82, 2.24) is 4.90 Å². The lowest BCUT2D eigenvalue weighted by atomic mass is 10.1. The van der Waals surface area contributed by atoms with Crippen LogP contribution >= 0.6 is 15.9 Å². The molecule has 0 bridgehead atoms. The Kier molecular flexibility index (Phi) is 5.04. The monoisotopic (exact) mass is 341 g/mol. The van der Waals surface area contributed by atoms with Crippen LogP contribution in [0.25, 0.3) is 0 Å². The number of nitrogens with zero attached hydrogens (tertiary/aromatic N) is 1. The maximum atomic E-state index is 12.4. The highest BCUT2D eigenvalue weighted by molar-refractivity contribution is 9.09.